The minimum atomic E-state index is -0.167. The van der Waals surface area contributed by atoms with Crippen molar-refractivity contribution in [1.29, 1.82) is 5.26 Å². The van der Waals surface area contributed by atoms with Crippen molar-refractivity contribution >= 4 is 16.9 Å². The highest BCUT2D eigenvalue weighted by molar-refractivity contribution is 5.94. The molecule has 1 N–H and O–H groups in total. The van der Waals surface area contributed by atoms with E-state index < -0.39 is 0 Å². The van der Waals surface area contributed by atoms with Crippen molar-refractivity contribution in [1.82, 2.24) is 14.9 Å². The zero-order valence-electron chi connectivity index (χ0n) is 17.9. The Morgan fingerprint density at radius 1 is 1.06 bits per heavy atom. The lowest BCUT2D eigenvalue weighted by Crippen LogP contribution is -2.26. The molecule has 0 saturated carbocycles. The van der Waals surface area contributed by atoms with Crippen LogP contribution in [-0.4, -0.2) is 28.6 Å². The molecule has 0 aliphatic heterocycles. The summed E-state index contributed by atoms with van der Waals surface area (Å²) in [6.45, 7) is 3.69. The molecule has 1 amide bonds. The van der Waals surface area contributed by atoms with Crippen LogP contribution in [0.5, 0.6) is 5.75 Å². The second-order valence-corrected chi connectivity index (χ2v) is 7.52. The van der Waals surface area contributed by atoms with E-state index in [-0.39, 0.29) is 5.91 Å². The molecule has 6 heteroatoms. The van der Waals surface area contributed by atoms with Gasteiger partial charge in [-0.3, -0.25) is 4.79 Å². The normalized spacial score (nSPS) is 10.6. The first kappa shape index (κ1) is 21.1. The van der Waals surface area contributed by atoms with Gasteiger partial charge in [-0.2, -0.15) is 5.26 Å². The topological polar surface area (TPSA) is 79.9 Å². The number of aryl methyl sites for hydroxylation is 1. The number of hydrogen-bond donors (Lipinski definition) is 1. The second kappa shape index (κ2) is 9.80. The zero-order valence-corrected chi connectivity index (χ0v) is 17.9. The Balaban J connectivity index is 1.40. The number of aromatic nitrogens is 2. The number of carbonyl (C=O) groups excluding carboxylic acids is 1. The molecule has 6 nitrogen and oxygen atoms in total. The lowest BCUT2D eigenvalue weighted by Gasteiger charge is -2.11. The summed E-state index contributed by atoms with van der Waals surface area (Å²) >= 11 is 0. The van der Waals surface area contributed by atoms with Gasteiger partial charge in [0.15, 0.2) is 0 Å². The van der Waals surface area contributed by atoms with E-state index in [1.54, 1.807) is 24.3 Å². The van der Waals surface area contributed by atoms with E-state index in [0.29, 0.717) is 37.2 Å². The maximum absolute atomic E-state index is 12.4. The van der Waals surface area contributed by atoms with Crippen LogP contribution in [0.1, 0.15) is 27.3 Å². The Bertz CT molecular complexity index is 1250. The Morgan fingerprint density at radius 3 is 2.56 bits per heavy atom. The van der Waals surface area contributed by atoms with Crippen LogP contribution in [0, 0.1) is 18.3 Å². The Hall–Kier alpha value is -4.11. The molecule has 4 aromatic rings. The van der Waals surface area contributed by atoms with Crippen LogP contribution < -0.4 is 10.1 Å². The average molecular weight is 425 g/mol. The number of carbonyl (C=O) groups is 1. The van der Waals surface area contributed by atoms with Gasteiger partial charge in [0.05, 0.1) is 29.2 Å². The molecule has 0 unspecified atom stereocenters. The third-order valence-electron chi connectivity index (χ3n) is 5.25. The Morgan fingerprint density at radius 2 is 1.81 bits per heavy atom. The molecule has 3 aromatic carbocycles. The summed E-state index contributed by atoms with van der Waals surface area (Å²) in [5, 5.41) is 11.8. The van der Waals surface area contributed by atoms with Crippen LogP contribution in [0.25, 0.3) is 11.0 Å². The van der Waals surface area contributed by atoms with Gasteiger partial charge in [0.1, 0.15) is 18.2 Å². The molecule has 0 bridgehead atoms. The predicted octanol–water partition coefficient (Wildman–Crippen LogP) is 4.27. The number of benzene rings is 3. The largest absolute Gasteiger partial charge is 0.492 e. The van der Waals surface area contributed by atoms with Gasteiger partial charge in [-0.15, -0.1) is 0 Å². The number of nitriles is 1. The molecule has 0 aliphatic rings. The predicted molar refractivity (Wildman–Crippen MR) is 124 cm³/mol. The number of para-hydroxylation sites is 2. The Labute approximate surface area is 187 Å². The maximum Gasteiger partial charge on any atom is 0.251 e. The van der Waals surface area contributed by atoms with Gasteiger partial charge in [0.2, 0.25) is 0 Å². The SMILES string of the molecule is Cc1ccc(OCCn2c(CCNC(=O)c3ccc(C#N)cc3)nc3ccccc32)cc1. The van der Waals surface area contributed by atoms with Crippen molar-refractivity contribution in [3.63, 3.8) is 0 Å². The van der Waals surface area contributed by atoms with Crippen molar-refractivity contribution in [3.05, 3.63) is 95.3 Å². The van der Waals surface area contributed by atoms with E-state index >= 15 is 0 Å². The van der Waals surface area contributed by atoms with Gasteiger partial charge in [-0.05, 0) is 55.5 Å². The molecule has 1 heterocycles. The number of nitrogens with zero attached hydrogens (tertiary/aromatic N) is 3. The van der Waals surface area contributed by atoms with Crippen LogP contribution in [0.2, 0.25) is 0 Å². The molecule has 0 spiro atoms. The number of nitrogens with one attached hydrogen (secondary N) is 1. The zero-order chi connectivity index (χ0) is 22.3. The molecule has 0 radical (unpaired) electrons. The van der Waals surface area contributed by atoms with Gasteiger partial charge in [0, 0.05) is 18.5 Å². The van der Waals surface area contributed by atoms with Crippen molar-refractivity contribution in [3.8, 4) is 11.8 Å². The van der Waals surface area contributed by atoms with E-state index in [1.807, 2.05) is 55.5 Å². The van der Waals surface area contributed by atoms with Gasteiger partial charge in [0.25, 0.3) is 5.91 Å². The van der Waals surface area contributed by atoms with Crippen molar-refractivity contribution in [2.24, 2.45) is 0 Å². The number of amides is 1. The molecule has 0 aliphatic carbocycles. The highest BCUT2D eigenvalue weighted by Crippen LogP contribution is 2.17. The quantitative estimate of drug-likeness (QED) is 0.458. The van der Waals surface area contributed by atoms with E-state index in [4.69, 9.17) is 15.0 Å². The van der Waals surface area contributed by atoms with Crippen molar-refractivity contribution in [2.45, 2.75) is 19.9 Å². The summed E-state index contributed by atoms with van der Waals surface area (Å²) in [7, 11) is 0. The molecule has 0 fully saturated rings. The van der Waals surface area contributed by atoms with Crippen LogP contribution in [0.4, 0.5) is 0 Å². The Kier molecular flexibility index (Phi) is 6.47. The van der Waals surface area contributed by atoms with Crippen LogP contribution in [-0.2, 0) is 13.0 Å². The second-order valence-electron chi connectivity index (χ2n) is 7.52. The summed E-state index contributed by atoms with van der Waals surface area (Å²) in [4.78, 5) is 17.2. The first-order valence-corrected chi connectivity index (χ1v) is 10.6. The minimum Gasteiger partial charge on any atom is -0.492 e. The first-order chi connectivity index (χ1) is 15.6. The van der Waals surface area contributed by atoms with Crippen LogP contribution in [0.3, 0.4) is 0 Å². The van der Waals surface area contributed by atoms with Gasteiger partial charge < -0.3 is 14.6 Å². The minimum absolute atomic E-state index is 0.167. The monoisotopic (exact) mass is 424 g/mol. The first-order valence-electron chi connectivity index (χ1n) is 10.6. The van der Waals surface area contributed by atoms with Gasteiger partial charge in [-0.25, -0.2) is 4.98 Å². The van der Waals surface area contributed by atoms with E-state index in [2.05, 4.69) is 16.0 Å². The van der Waals surface area contributed by atoms with Crippen molar-refractivity contribution < 1.29 is 9.53 Å². The van der Waals surface area contributed by atoms with Crippen LogP contribution >= 0.6 is 0 Å². The number of imidazole rings is 1. The number of ether oxygens (including phenoxy) is 1. The van der Waals surface area contributed by atoms with Crippen molar-refractivity contribution in [2.75, 3.05) is 13.2 Å². The fraction of sp³-hybridized carbons (Fsp3) is 0.192. The molecule has 1 aromatic heterocycles. The lowest BCUT2D eigenvalue weighted by atomic mass is 10.1. The van der Waals surface area contributed by atoms with E-state index in [1.165, 1.54) is 5.56 Å². The number of rotatable bonds is 8. The summed E-state index contributed by atoms with van der Waals surface area (Å²) in [5.41, 5.74) is 4.24. The third kappa shape index (κ3) is 4.96. The molecule has 0 saturated heterocycles. The number of fused-ring (bicyclic) bond motifs is 1. The summed E-state index contributed by atoms with van der Waals surface area (Å²) in [6, 6.07) is 24.7. The van der Waals surface area contributed by atoms with E-state index in [0.717, 1.165) is 22.6 Å². The summed E-state index contributed by atoms with van der Waals surface area (Å²) < 4.78 is 8.07. The fourth-order valence-corrected chi connectivity index (χ4v) is 3.54. The highest BCUT2D eigenvalue weighted by atomic mass is 16.5. The van der Waals surface area contributed by atoms with Gasteiger partial charge >= 0.3 is 0 Å². The molecular formula is C26H24N4O2. The maximum atomic E-state index is 12.4. The smallest absolute Gasteiger partial charge is 0.251 e. The summed E-state index contributed by atoms with van der Waals surface area (Å²) in [6.07, 6.45) is 0.598. The van der Waals surface area contributed by atoms with E-state index in [9.17, 15) is 4.79 Å². The van der Waals surface area contributed by atoms with Gasteiger partial charge in [-0.1, -0.05) is 29.8 Å². The van der Waals surface area contributed by atoms with Crippen LogP contribution in [0.15, 0.2) is 72.8 Å². The standard InChI is InChI=1S/C26H24N4O2/c1-19-6-12-22(13-7-19)32-17-16-30-24-5-3-2-4-23(24)29-25(30)14-15-28-26(31)21-10-8-20(18-27)9-11-21/h2-13H,14-17H2,1H3,(H,28,31). The highest BCUT2D eigenvalue weighted by Gasteiger charge is 2.12. The molecule has 4 rings (SSSR count). The summed E-state index contributed by atoms with van der Waals surface area (Å²) in [5.74, 6) is 1.58. The lowest BCUT2D eigenvalue weighted by molar-refractivity contribution is 0.0954. The molecular weight excluding hydrogens is 400 g/mol. The third-order valence-corrected chi connectivity index (χ3v) is 5.25. The molecule has 0 atom stereocenters. The fourth-order valence-electron chi connectivity index (χ4n) is 3.54. The average Bonchev–Trinajstić information content (AvgIpc) is 3.17. The molecule has 160 valence electrons. The molecule has 32 heavy (non-hydrogen) atoms. The number of hydrogen-bond acceptors (Lipinski definition) is 4.